The van der Waals surface area contributed by atoms with E-state index in [1.165, 1.54) is 0 Å². The Kier molecular flexibility index (Phi) is 4.94. The molecule has 0 atom stereocenters. The van der Waals surface area contributed by atoms with Crippen LogP contribution in [0.5, 0.6) is 0 Å². The van der Waals surface area contributed by atoms with Gasteiger partial charge in [0.25, 0.3) is 5.91 Å². The van der Waals surface area contributed by atoms with Crippen molar-refractivity contribution in [3.8, 4) is 0 Å². The number of alkyl halides is 1. The molecule has 0 aliphatic rings. The molecule has 0 spiro atoms. The van der Waals surface area contributed by atoms with Gasteiger partial charge in [0.05, 0.1) is 6.61 Å². The van der Waals surface area contributed by atoms with Gasteiger partial charge in [-0.1, -0.05) is 0 Å². The van der Waals surface area contributed by atoms with Gasteiger partial charge in [-0.15, -0.1) is 11.6 Å². The lowest BCUT2D eigenvalue weighted by molar-refractivity contribution is -0.115. The molecule has 0 saturated heterocycles. The molecule has 0 N–H and O–H groups in total. The molecule has 10 heavy (non-hydrogen) atoms. The van der Waals surface area contributed by atoms with Gasteiger partial charge in [0.15, 0.2) is 5.90 Å². The summed E-state index contributed by atoms with van der Waals surface area (Å²) in [6.45, 7) is 3.96. The highest BCUT2D eigenvalue weighted by atomic mass is 35.5. The van der Waals surface area contributed by atoms with Crippen molar-refractivity contribution in [2.75, 3.05) is 12.5 Å². The van der Waals surface area contributed by atoms with Crippen molar-refractivity contribution in [2.45, 2.75) is 13.8 Å². The standard InChI is InChI=1S/C6H10ClNO2/c1-3-10-5(2)8-6(9)4-7/h3-4H2,1-2H3. The van der Waals surface area contributed by atoms with Crippen LogP contribution < -0.4 is 0 Å². The van der Waals surface area contributed by atoms with Crippen molar-refractivity contribution >= 4 is 23.4 Å². The van der Waals surface area contributed by atoms with Gasteiger partial charge in [-0.3, -0.25) is 4.79 Å². The van der Waals surface area contributed by atoms with Crippen LogP contribution in [-0.4, -0.2) is 24.3 Å². The molecule has 0 aromatic carbocycles. The van der Waals surface area contributed by atoms with E-state index in [4.69, 9.17) is 16.3 Å². The first-order chi connectivity index (χ1) is 4.70. The zero-order chi connectivity index (χ0) is 7.98. The first kappa shape index (κ1) is 9.43. The Morgan fingerprint density at radius 2 is 2.30 bits per heavy atom. The predicted octanol–water partition coefficient (Wildman–Crippen LogP) is 1.21. The molecule has 0 aliphatic heterocycles. The first-order valence-corrected chi connectivity index (χ1v) is 3.51. The van der Waals surface area contributed by atoms with Crippen LogP contribution in [0.15, 0.2) is 4.99 Å². The maximum absolute atomic E-state index is 10.5. The number of carbonyl (C=O) groups is 1. The summed E-state index contributed by atoms with van der Waals surface area (Å²) in [5.41, 5.74) is 0. The highest BCUT2D eigenvalue weighted by molar-refractivity contribution is 6.28. The molecule has 3 nitrogen and oxygen atoms in total. The topological polar surface area (TPSA) is 38.7 Å². The molecule has 0 saturated carbocycles. The van der Waals surface area contributed by atoms with Crippen molar-refractivity contribution in [3.63, 3.8) is 0 Å². The smallest absolute Gasteiger partial charge is 0.263 e. The average Bonchev–Trinajstić information content (AvgIpc) is 1.88. The van der Waals surface area contributed by atoms with Gasteiger partial charge in [0.2, 0.25) is 0 Å². The summed E-state index contributed by atoms with van der Waals surface area (Å²) < 4.78 is 4.88. The third-order valence-electron chi connectivity index (χ3n) is 0.750. The number of rotatable bonds is 2. The first-order valence-electron chi connectivity index (χ1n) is 2.97. The molecular weight excluding hydrogens is 154 g/mol. The highest BCUT2D eigenvalue weighted by Crippen LogP contribution is 1.85. The van der Waals surface area contributed by atoms with Crippen LogP contribution in [0.1, 0.15) is 13.8 Å². The fraction of sp³-hybridized carbons (Fsp3) is 0.667. The van der Waals surface area contributed by atoms with E-state index in [0.717, 1.165) is 0 Å². The number of nitrogens with zero attached hydrogens (tertiary/aromatic N) is 1. The van der Waals surface area contributed by atoms with Crippen molar-refractivity contribution in [1.29, 1.82) is 0 Å². The normalized spacial score (nSPS) is 11.3. The van der Waals surface area contributed by atoms with Gasteiger partial charge in [-0.2, -0.15) is 4.99 Å². The Hall–Kier alpha value is -0.570. The number of carbonyl (C=O) groups excluding carboxylic acids is 1. The third-order valence-corrected chi connectivity index (χ3v) is 0.978. The number of hydrogen-bond donors (Lipinski definition) is 0. The maximum atomic E-state index is 10.5. The third kappa shape index (κ3) is 4.32. The van der Waals surface area contributed by atoms with Crippen LogP contribution in [0.25, 0.3) is 0 Å². The fourth-order valence-electron chi connectivity index (χ4n) is 0.447. The molecule has 0 aromatic heterocycles. The van der Waals surface area contributed by atoms with Crippen LogP contribution in [0.4, 0.5) is 0 Å². The number of amides is 1. The van der Waals surface area contributed by atoms with Crippen LogP contribution >= 0.6 is 11.6 Å². The Morgan fingerprint density at radius 3 is 2.70 bits per heavy atom. The minimum absolute atomic E-state index is 0.0928. The second kappa shape index (κ2) is 5.23. The van der Waals surface area contributed by atoms with E-state index < -0.39 is 0 Å². The van der Waals surface area contributed by atoms with Gasteiger partial charge in [-0.05, 0) is 6.92 Å². The summed E-state index contributed by atoms with van der Waals surface area (Å²) in [6.07, 6.45) is 0. The van der Waals surface area contributed by atoms with E-state index in [9.17, 15) is 4.79 Å². The summed E-state index contributed by atoms with van der Waals surface area (Å²) in [4.78, 5) is 14.0. The largest absolute Gasteiger partial charge is 0.481 e. The van der Waals surface area contributed by atoms with Crippen LogP contribution in [-0.2, 0) is 9.53 Å². The second-order valence-corrected chi connectivity index (χ2v) is 1.86. The molecule has 0 aliphatic carbocycles. The zero-order valence-electron chi connectivity index (χ0n) is 6.06. The minimum Gasteiger partial charge on any atom is -0.481 e. The van der Waals surface area contributed by atoms with Crippen molar-refractivity contribution in [1.82, 2.24) is 0 Å². The van der Waals surface area contributed by atoms with Gasteiger partial charge in [-0.25, -0.2) is 0 Å². The van der Waals surface area contributed by atoms with Crippen molar-refractivity contribution in [3.05, 3.63) is 0 Å². The number of ether oxygens (including phenoxy) is 1. The van der Waals surface area contributed by atoms with E-state index in [-0.39, 0.29) is 11.8 Å². The summed E-state index contributed by atoms with van der Waals surface area (Å²) >= 11 is 5.18. The number of halogens is 1. The summed E-state index contributed by atoms with van der Waals surface area (Å²) in [5, 5.41) is 0. The molecule has 0 fully saturated rings. The second-order valence-electron chi connectivity index (χ2n) is 1.59. The van der Waals surface area contributed by atoms with Gasteiger partial charge < -0.3 is 4.74 Å². The maximum Gasteiger partial charge on any atom is 0.263 e. The number of aliphatic imine (C=N–C) groups is 1. The number of hydrogen-bond acceptors (Lipinski definition) is 2. The molecule has 0 unspecified atom stereocenters. The Labute approximate surface area is 65.0 Å². The lowest BCUT2D eigenvalue weighted by atomic mass is 10.7. The van der Waals surface area contributed by atoms with E-state index in [1.807, 2.05) is 6.92 Å². The molecule has 4 heteroatoms. The molecule has 0 radical (unpaired) electrons. The van der Waals surface area contributed by atoms with Crippen LogP contribution in [0, 0.1) is 0 Å². The van der Waals surface area contributed by atoms with Gasteiger partial charge in [0.1, 0.15) is 5.88 Å². The summed E-state index contributed by atoms with van der Waals surface area (Å²) in [7, 11) is 0. The quantitative estimate of drug-likeness (QED) is 0.349. The summed E-state index contributed by atoms with van der Waals surface area (Å²) in [6, 6.07) is 0. The van der Waals surface area contributed by atoms with Gasteiger partial charge >= 0.3 is 0 Å². The van der Waals surface area contributed by atoms with Crippen LogP contribution in [0.3, 0.4) is 0 Å². The lowest BCUT2D eigenvalue weighted by Gasteiger charge is -1.98. The SMILES string of the molecule is CCOC(C)=NC(=O)CCl. The van der Waals surface area contributed by atoms with E-state index in [0.29, 0.717) is 12.5 Å². The molecule has 0 rings (SSSR count). The monoisotopic (exact) mass is 163 g/mol. The lowest BCUT2D eigenvalue weighted by Crippen LogP contribution is -2.04. The highest BCUT2D eigenvalue weighted by Gasteiger charge is 1.96. The summed E-state index contributed by atoms with van der Waals surface area (Å²) in [5.74, 6) is -0.0921. The zero-order valence-corrected chi connectivity index (χ0v) is 6.81. The van der Waals surface area contributed by atoms with Crippen molar-refractivity contribution in [2.24, 2.45) is 4.99 Å². The Balaban J connectivity index is 3.77. The van der Waals surface area contributed by atoms with Gasteiger partial charge in [0, 0.05) is 6.92 Å². The Bertz CT molecular complexity index is 145. The molecule has 0 heterocycles. The van der Waals surface area contributed by atoms with E-state index >= 15 is 0 Å². The van der Waals surface area contributed by atoms with E-state index in [2.05, 4.69) is 4.99 Å². The fourth-order valence-corrected chi connectivity index (χ4v) is 0.506. The van der Waals surface area contributed by atoms with Crippen molar-refractivity contribution < 1.29 is 9.53 Å². The minimum atomic E-state index is -0.368. The average molecular weight is 164 g/mol. The molecule has 58 valence electrons. The molecule has 1 amide bonds. The predicted molar refractivity (Wildman–Crippen MR) is 40.5 cm³/mol. The molecular formula is C6H10ClNO2. The molecule has 0 bridgehead atoms. The molecule has 0 aromatic rings. The Morgan fingerprint density at radius 1 is 1.70 bits per heavy atom. The van der Waals surface area contributed by atoms with E-state index in [1.54, 1.807) is 6.92 Å². The van der Waals surface area contributed by atoms with Crippen LogP contribution in [0.2, 0.25) is 0 Å².